The first-order chi connectivity index (χ1) is 25.3. The third-order valence-electron chi connectivity index (χ3n) is 11.0. The van der Waals surface area contributed by atoms with E-state index < -0.39 is 47.7 Å². The highest BCUT2D eigenvalue weighted by molar-refractivity contribution is 5.70. The molecule has 306 valence electrons. The molecule has 0 saturated carbocycles. The minimum Gasteiger partial charge on any atom is -0.457 e. The van der Waals surface area contributed by atoms with E-state index in [4.69, 9.17) is 14.2 Å². The summed E-state index contributed by atoms with van der Waals surface area (Å²) in [5, 5.41) is 43.5. The lowest BCUT2D eigenvalue weighted by molar-refractivity contribution is -0.151. The number of ether oxygens (including phenoxy) is 3. The molecule has 0 bridgehead atoms. The molecule has 11 heteroatoms. The minimum absolute atomic E-state index is 0.0156. The third-order valence-corrected chi connectivity index (χ3v) is 11.0. The average molecular weight is 759 g/mol. The van der Waals surface area contributed by atoms with Crippen molar-refractivity contribution in [3.8, 4) is 0 Å². The quantitative estimate of drug-likeness (QED) is 0.0717. The molecule has 0 aliphatic carbocycles. The molecule has 10 unspecified atom stereocenters. The molecular weight excluding hydrogens is 688 g/mol. The van der Waals surface area contributed by atoms with E-state index in [2.05, 4.69) is 37.8 Å². The van der Waals surface area contributed by atoms with Crippen LogP contribution in [-0.2, 0) is 19.0 Å². The number of esters is 1. The van der Waals surface area contributed by atoms with E-state index in [0.717, 1.165) is 19.4 Å². The van der Waals surface area contributed by atoms with E-state index in [1.807, 2.05) is 27.7 Å². The van der Waals surface area contributed by atoms with Gasteiger partial charge in [0.2, 0.25) is 0 Å². The van der Waals surface area contributed by atoms with Crippen molar-refractivity contribution in [1.82, 2.24) is 9.80 Å². The monoisotopic (exact) mass is 759 g/mol. The van der Waals surface area contributed by atoms with Crippen LogP contribution in [0.15, 0.2) is 59.3 Å². The van der Waals surface area contributed by atoms with Crippen molar-refractivity contribution < 1.29 is 44.2 Å². The van der Waals surface area contributed by atoms with Crippen molar-refractivity contribution in [3.63, 3.8) is 0 Å². The molecule has 0 aromatic rings. The highest BCUT2D eigenvalue weighted by Gasteiger charge is 2.47. The van der Waals surface area contributed by atoms with Gasteiger partial charge in [-0.15, -0.1) is 0 Å². The first-order valence-corrected chi connectivity index (χ1v) is 20.0. The van der Waals surface area contributed by atoms with Crippen LogP contribution in [0.3, 0.4) is 0 Å². The molecule has 0 radical (unpaired) electrons. The Morgan fingerprint density at radius 1 is 1.15 bits per heavy atom. The number of amides is 1. The number of nitrogens with zero attached hydrogens (tertiary/aromatic N) is 2. The Morgan fingerprint density at radius 2 is 1.83 bits per heavy atom. The molecule has 2 saturated heterocycles. The predicted molar refractivity (Wildman–Crippen MR) is 212 cm³/mol. The number of carbonyl (C=O) groups excluding carboxylic acids is 2. The standard InChI is InChI=1S/C43H70N2O9/c1-10-35(47)33(7)40-36(52-40)28-42(8,50)20-12-15-31(5)39-32(6)16-17-37(43(9,51)21-18-34(46)27-38(48)54-39)53-41(49)45-25-23-44(24-26-45)22-19-30(4)14-11-13-29(2)3/h12-13,15-17,19-20,32-37,39-40,46-47,50-51H,10-11,14,18,21-28H2,1-9H3/b17-16+,20-12+,30-19?,31-15+. The number of cyclic esters (lactones) is 1. The van der Waals surface area contributed by atoms with Crippen LogP contribution >= 0.6 is 0 Å². The van der Waals surface area contributed by atoms with Crippen LogP contribution in [0, 0.1) is 11.8 Å². The number of aliphatic hydroxyl groups is 4. The second-order valence-corrected chi connectivity index (χ2v) is 16.7. The second kappa shape index (κ2) is 20.9. The van der Waals surface area contributed by atoms with E-state index in [1.165, 1.54) is 11.1 Å². The fraction of sp³-hybridized carbons (Fsp3) is 0.721. The number of rotatable bonds is 14. The largest absolute Gasteiger partial charge is 0.457 e. The van der Waals surface area contributed by atoms with Gasteiger partial charge in [-0.1, -0.05) is 68.4 Å². The van der Waals surface area contributed by atoms with E-state index in [1.54, 1.807) is 49.1 Å². The van der Waals surface area contributed by atoms with Crippen molar-refractivity contribution >= 4 is 12.1 Å². The number of hydrogen-bond acceptors (Lipinski definition) is 10. The molecule has 0 spiro atoms. The van der Waals surface area contributed by atoms with Crippen LogP contribution < -0.4 is 0 Å². The van der Waals surface area contributed by atoms with Crippen molar-refractivity contribution in [3.05, 3.63) is 59.3 Å². The van der Waals surface area contributed by atoms with Crippen LogP contribution in [0.5, 0.6) is 0 Å². The number of allylic oxidation sites excluding steroid dienone is 5. The van der Waals surface area contributed by atoms with Crippen LogP contribution in [0.1, 0.15) is 107 Å². The Balaban J connectivity index is 1.67. The Kier molecular flexibility index (Phi) is 17.7. The molecular formula is C43H70N2O9. The molecule has 3 rings (SSSR count). The van der Waals surface area contributed by atoms with Gasteiger partial charge in [-0.25, -0.2) is 4.79 Å². The first-order valence-electron chi connectivity index (χ1n) is 20.0. The number of epoxide rings is 1. The molecule has 3 aliphatic rings. The highest BCUT2D eigenvalue weighted by atomic mass is 16.6. The second-order valence-electron chi connectivity index (χ2n) is 16.7. The van der Waals surface area contributed by atoms with Crippen molar-refractivity contribution in [2.75, 3.05) is 32.7 Å². The maximum Gasteiger partial charge on any atom is 0.410 e. The zero-order valence-corrected chi connectivity index (χ0v) is 34.4. The van der Waals surface area contributed by atoms with Crippen LogP contribution in [-0.4, -0.2) is 123 Å². The van der Waals surface area contributed by atoms with Gasteiger partial charge in [-0.2, -0.15) is 0 Å². The molecule has 2 fully saturated rings. The van der Waals surface area contributed by atoms with Gasteiger partial charge in [-0.05, 0) is 85.3 Å². The van der Waals surface area contributed by atoms with Gasteiger partial charge >= 0.3 is 12.1 Å². The summed E-state index contributed by atoms with van der Waals surface area (Å²) in [5.41, 5.74) is 0.717. The van der Waals surface area contributed by atoms with Crippen molar-refractivity contribution in [1.29, 1.82) is 0 Å². The normalized spacial score (nSPS) is 32.1. The van der Waals surface area contributed by atoms with Gasteiger partial charge in [0.1, 0.15) is 11.7 Å². The predicted octanol–water partition coefficient (Wildman–Crippen LogP) is 6.02. The summed E-state index contributed by atoms with van der Waals surface area (Å²) in [4.78, 5) is 30.4. The third kappa shape index (κ3) is 15.0. The average Bonchev–Trinajstić information content (AvgIpc) is 3.87. The number of carbonyl (C=O) groups is 2. The molecule has 3 heterocycles. The number of piperazine rings is 1. The first kappa shape index (κ1) is 45.6. The highest BCUT2D eigenvalue weighted by Crippen LogP contribution is 2.37. The molecule has 54 heavy (non-hydrogen) atoms. The summed E-state index contributed by atoms with van der Waals surface area (Å²) in [5.74, 6) is -0.964. The maximum absolute atomic E-state index is 13.4. The lowest BCUT2D eigenvalue weighted by Crippen LogP contribution is -2.51. The van der Waals surface area contributed by atoms with Crippen LogP contribution in [0.25, 0.3) is 0 Å². The molecule has 3 aliphatic heterocycles. The summed E-state index contributed by atoms with van der Waals surface area (Å²) in [7, 11) is 0. The minimum atomic E-state index is -1.50. The molecule has 11 nitrogen and oxygen atoms in total. The zero-order chi connectivity index (χ0) is 40.2. The van der Waals surface area contributed by atoms with Gasteiger partial charge in [0.25, 0.3) is 0 Å². The van der Waals surface area contributed by atoms with Gasteiger partial charge < -0.3 is 39.5 Å². The van der Waals surface area contributed by atoms with E-state index in [0.29, 0.717) is 44.6 Å². The number of aliphatic hydroxyl groups excluding tert-OH is 2. The molecule has 4 N–H and O–H groups in total. The molecule has 1 amide bonds. The summed E-state index contributed by atoms with van der Waals surface area (Å²) in [6, 6.07) is 0. The molecule has 10 atom stereocenters. The van der Waals surface area contributed by atoms with Crippen molar-refractivity contribution in [2.45, 2.75) is 155 Å². The molecule has 0 aromatic heterocycles. The van der Waals surface area contributed by atoms with Gasteiger partial charge in [-0.3, -0.25) is 9.69 Å². The van der Waals surface area contributed by atoms with Gasteiger partial charge in [0, 0.05) is 51.0 Å². The van der Waals surface area contributed by atoms with E-state index in [-0.39, 0.29) is 43.3 Å². The smallest absolute Gasteiger partial charge is 0.410 e. The Bertz CT molecular complexity index is 1370. The summed E-state index contributed by atoms with van der Waals surface area (Å²) < 4.78 is 17.6. The lowest BCUT2D eigenvalue weighted by Gasteiger charge is -2.37. The van der Waals surface area contributed by atoms with Crippen LogP contribution in [0.2, 0.25) is 0 Å². The Morgan fingerprint density at radius 3 is 2.48 bits per heavy atom. The summed E-state index contributed by atoms with van der Waals surface area (Å²) >= 11 is 0. The van der Waals surface area contributed by atoms with Crippen LogP contribution in [0.4, 0.5) is 4.79 Å². The Labute approximate surface area is 324 Å². The lowest BCUT2D eigenvalue weighted by atomic mass is 9.88. The fourth-order valence-electron chi connectivity index (χ4n) is 7.07. The van der Waals surface area contributed by atoms with Gasteiger partial charge in [0.15, 0.2) is 6.10 Å². The van der Waals surface area contributed by atoms with E-state index in [9.17, 15) is 30.0 Å². The zero-order valence-electron chi connectivity index (χ0n) is 34.4. The topological polar surface area (TPSA) is 153 Å². The number of hydrogen-bond donors (Lipinski definition) is 4. The molecule has 0 aromatic carbocycles. The van der Waals surface area contributed by atoms with Gasteiger partial charge in [0.05, 0.1) is 36.4 Å². The fourth-order valence-corrected chi connectivity index (χ4v) is 7.07. The Hall–Kier alpha value is -2.80. The van der Waals surface area contributed by atoms with E-state index >= 15 is 0 Å². The summed E-state index contributed by atoms with van der Waals surface area (Å²) in [6.07, 6.45) is 12.2. The van der Waals surface area contributed by atoms with Crippen molar-refractivity contribution in [2.24, 2.45) is 11.8 Å². The summed E-state index contributed by atoms with van der Waals surface area (Å²) in [6.45, 7) is 20.5. The maximum atomic E-state index is 13.4. The SMILES string of the molecule is CCC(O)C(C)C1OC1CC(C)(O)/C=C/C=C(\C)C1OC(=O)CC(O)CCC(C)(O)C(OC(=O)N2CCN(CC=C(C)CCC=C(C)C)CC2)/C=C/C1C.